The molecular formula is C21H27ClN2O3. The Bertz CT molecular complexity index is 816. The minimum absolute atomic E-state index is 0.0330. The molecule has 2 aromatic rings. The molecule has 0 N–H and O–H groups in total. The maximum Gasteiger partial charge on any atom is 0.254 e. The summed E-state index contributed by atoms with van der Waals surface area (Å²) in [7, 11) is 3.57. The molecule has 2 heterocycles. The van der Waals surface area contributed by atoms with Crippen molar-refractivity contribution < 1.29 is 14.3 Å². The van der Waals surface area contributed by atoms with Crippen LogP contribution in [0.3, 0.4) is 0 Å². The van der Waals surface area contributed by atoms with E-state index in [1.54, 1.807) is 19.2 Å². The lowest BCUT2D eigenvalue weighted by Crippen LogP contribution is -2.31. The van der Waals surface area contributed by atoms with Gasteiger partial charge in [0.1, 0.15) is 0 Å². The smallest absolute Gasteiger partial charge is 0.254 e. The van der Waals surface area contributed by atoms with Crippen molar-refractivity contribution in [3.8, 4) is 11.5 Å². The number of aryl methyl sites for hydroxylation is 1. The molecule has 0 radical (unpaired) electrons. The Labute approximate surface area is 165 Å². The van der Waals surface area contributed by atoms with Crippen LogP contribution < -0.4 is 9.47 Å². The molecular weight excluding hydrogens is 364 g/mol. The normalized spacial score (nSPS) is 16.8. The number of hydrogen-bond acceptors (Lipinski definition) is 3. The molecule has 146 valence electrons. The Kier molecular flexibility index (Phi) is 6.00. The van der Waals surface area contributed by atoms with Gasteiger partial charge in [0.2, 0.25) is 0 Å². The lowest BCUT2D eigenvalue weighted by molar-refractivity contribution is 0.0730. The van der Waals surface area contributed by atoms with Gasteiger partial charge in [0.25, 0.3) is 5.91 Å². The lowest BCUT2D eigenvalue weighted by atomic mass is 10.1. The summed E-state index contributed by atoms with van der Waals surface area (Å²) in [5, 5.41) is 0.396. The second kappa shape index (κ2) is 8.26. The molecule has 27 heavy (non-hydrogen) atoms. The molecule has 1 amide bonds. The topological polar surface area (TPSA) is 43.7 Å². The molecule has 0 saturated carbocycles. The van der Waals surface area contributed by atoms with Crippen LogP contribution in [0.15, 0.2) is 30.5 Å². The minimum Gasteiger partial charge on any atom is -0.493 e. The maximum absolute atomic E-state index is 13.2. The lowest BCUT2D eigenvalue weighted by Gasteiger charge is -2.26. The van der Waals surface area contributed by atoms with Crippen LogP contribution in [0.4, 0.5) is 0 Å². The predicted molar refractivity (Wildman–Crippen MR) is 107 cm³/mol. The number of carbonyl (C=O) groups is 1. The fourth-order valence-electron chi connectivity index (χ4n) is 3.54. The highest BCUT2D eigenvalue weighted by atomic mass is 35.5. The molecule has 5 nitrogen and oxygen atoms in total. The Morgan fingerprint density at radius 1 is 1.37 bits per heavy atom. The molecule has 1 fully saturated rings. The summed E-state index contributed by atoms with van der Waals surface area (Å²) in [5.41, 5.74) is 1.67. The number of carbonyl (C=O) groups excluding carboxylic acids is 1. The van der Waals surface area contributed by atoms with Crippen LogP contribution in [0, 0.1) is 5.92 Å². The first-order chi connectivity index (χ1) is 12.9. The maximum atomic E-state index is 13.2. The molecule has 0 aliphatic carbocycles. The van der Waals surface area contributed by atoms with Gasteiger partial charge < -0.3 is 18.9 Å². The van der Waals surface area contributed by atoms with E-state index in [0.717, 1.165) is 25.1 Å². The van der Waals surface area contributed by atoms with E-state index in [4.69, 9.17) is 21.1 Å². The van der Waals surface area contributed by atoms with Crippen LogP contribution in [-0.2, 0) is 7.05 Å². The number of amides is 1. The molecule has 1 saturated heterocycles. The van der Waals surface area contributed by atoms with Crippen LogP contribution in [0.25, 0.3) is 0 Å². The van der Waals surface area contributed by atoms with E-state index in [2.05, 4.69) is 24.5 Å². The van der Waals surface area contributed by atoms with Crippen molar-refractivity contribution in [2.24, 2.45) is 13.0 Å². The molecule has 6 heteroatoms. The van der Waals surface area contributed by atoms with Crippen molar-refractivity contribution in [2.45, 2.75) is 32.7 Å². The number of ether oxygens (including phenoxy) is 2. The second-order valence-electron chi connectivity index (χ2n) is 7.39. The van der Waals surface area contributed by atoms with Crippen LogP contribution in [0.2, 0.25) is 5.02 Å². The average molecular weight is 391 g/mol. The Morgan fingerprint density at radius 2 is 2.15 bits per heavy atom. The molecule has 0 bridgehead atoms. The largest absolute Gasteiger partial charge is 0.493 e. The van der Waals surface area contributed by atoms with E-state index in [-0.39, 0.29) is 11.9 Å². The SMILES string of the molecule is COc1cc(C(=O)N2CCCC2c2cccn2C)cc(Cl)c1OCC(C)C. The third-order valence-electron chi connectivity index (χ3n) is 4.88. The minimum atomic E-state index is -0.0330. The van der Waals surface area contributed by atoms with E-state index in [0.29, 0.717) is 34.6 Å². The number of halogens is 1. The Morgan fingerprint density at radius 3 is 2.78 bits per heavy atom. The van der Waals surface area contributed by atoms with Crippen molar-refractivity contribution in [3.05, 3.63) is 46.7 Å². The fourth-order valence-corrected chi connectivity index (χ4v) is 3.80. The Balaban J connectivity index is 1.88. The van der Waals surface area contributed by atoms with Gasteiger partial charge in [-0.05, 0) is 43.0 Å². The van der Waals surface area contributed by atoms with E-state index in [9.17, 15) is 4.79 Å². The zero-order chi connectivity index (χ0) is 19.6. The van der Waals surface area contributed by atoms with E-state index >= 15 is 0 Å². The number of methoxy groups -OCH3 is 1. The molecule has 1 aromatic carbocycles. The third kappa shape index (κ3) is 4.08. The molecule has 3 rings (SSSR count). The van der Waals surface area contributed by atoms with E-state index < -0.39 is 0 Å². The Hall–Kier alpha value is -2.14. The number of rotatable bonds is 6. The molecule has 1 unspecified atom stereocenters. The van der Waals surface area contributed by atoms with Crippen molar-refractivity contribution in [3.63, 3.8) is 0 Å². The van der Waals surface area contributed by atoms with Gasteiger partial charge in [-0.3, -0.25) is 4.79 Å². The van der Waals surface area contributed by atoms with Crippen molar-refractivity contribution >= 4 is 17.5 Å². The first-order valence-corrected chi connectivity index (χ1v) is 9.72. The van der Waals surface area contributed by atoms with Gasteiger partial charge in [-0.2, -0.15) is 0 Å². The van der Waals surface area contributed by atoms with E-state index in [1.807, 2.05) is 24.2 Å². The van der Waals surface area contributed by atoms with Gasteiger partial charge in [0.15, 0.2) is 11.5 Å². The summed E-state index contributed by atoms with van der Waals surface area (Å²) in [6.45, 7) is 5.40. The van der Waals surface area contributed by atoms with Gasteiger partial charge in [0.05, 0.1) is 24.8 Å². The van der Waals surface area contributed by atoms with Crippen LogP contribution in [-0.4, -0.2) is 35.6 Å². The van der Waals surface area contributed by atoms with E-state index in [1.165, 1.54) is 0 Å². The van der Waals surface area contributed by atoms with Crippen LogP contribution >= 0.6 is 11.6 Å². The molecule has 0 spiro atoms. The number of hydrogen-bond donors (Lipinski definition) is 0. The molecule has 1 aliphatic heterocycles. The van der Waals surface area contributed by atoms with Gasteiger partial charge in [-0.25, -0.2) is 0 Å². The predicted octanol–water partition coefficient (Wildman–Crippen LogP) is 4.70. The van der Waals surface area contributed by atoms with Gasteiger partial charge in [-0.1, -0.05) is 25.4 Å². The number of benzene rings is 1. The number of aromatic nitrogens is 1. The highest BCUT2D eigenvalue weighted by Crippen LogP contribution is 2.39. The second-order valence-corrected chi connectivity index (χ2v) is 7.80. The first kappa shape index (κ1) is 19.6. The van der Waals surface area contributed by atoms with Crippen molar-refractivity contribution in [1.82, 2.24) is 9.47 Å². The standard InChI is InChI=1S/C21H27ClN2O3/c1-14(2)13-27-20-16(22)11-15(12-19(20)26-4)21(25)24-10-6-8-18(24)17-7-5-9-23(17)3/h5,7,9,11-12,14,18H,6,8,10,13H2,1-4H3. The van der Waals surface area contributed by atoms with Gasteiger partial charge >= 0.3 is 0 Å². The summed E-state index contributed by atoms with van der Waals surface area (Å²) < 4.78 is 13.3. The summed E-state index contributed by atoms with van der Waals surface area (Å²) in [5.74, 6) is 1.31. The van der Waals surface area contributed by atoms with Gasteiger partial charge in [-0.15, -0.1) is 0 Å². The fraction of sp³-hybridized carbons (Fsp3) is 0.476. The number of likely N-dealkylation sites (tertiary alicyclic amines) is 1. The van der Waals surface area contributed by atoms with Crippen molar-refractivity contribution in [1.29, 1.82) is 0 Å². The van der Waals surface area contributed by atoms with Crippen molar-refractivity contribution in [2.75, 3.05) is 20.3 Å². The summed E-state index contributed by atoms with van der Waals surface area (Å²) >= 11 is 6.43. The highest BCUT2D eigenvalue weighted by molar-refractivity contribution is 6.32. The number of nitrogens with zero attached hydrogens (tertiary/aromatic N) is 2. The summed E-state index contributed by atoms with van der Waals surface area (Å²) in [6, 6.07) is 7.58. The zero-order valence-electron chi connectivity index (χ0n) is 16.4. The average Bonchev–Trinajstić information content (AvgIpc) is 3.27. The third-order valence-corrected chi connectivity index (χ3v) is 5.16. The monoisotopic (exact) mass is 390 g/mol. The van der Waals surface area contributed by atoms with Crippen LogP contribution in [0.1, 0.15) is 48.8 Å². The summed E-state index contributed by atoms with van der Waals surface area (Å²) in [4.78, 5) is 15.1. The highest BCUT2D eigenvalue weighted by Gasteiger charge is 2.32. The first-order valence-electron chi connectivity index (χ1n) is 9.35. The van der Waals surface area contributed by atoms with Gasteiger partial charge in [0, 0.05) is 31.0 Å². The molecule has 1 atom stereocenters. The summed E-state index contributed by atoms with van der Waals surface area (Å²) in [6.07, 6.45) is 3.96. The zero-order valence-corrected chi connectivity index (χ0v) is 17.1. The van der Waals surface area contributed by atoms with Crippen LogP contribution in [0.5, 0.6) is 11.5 Å². The molecule has 1 aliphatic rings. The molecule has 1 aromatic heterocycles. The quantitative estimate of drug-likeness (QED) is 0.718.